The highest BCUT2D eigenvalue weighted by Crippen LogP contribution is 2.23. The standard InChI is InChI=1S/C14H19ClN6/c1-19-14-11(7-16-19)13(15)17-12(18-14)9-20-5-6-21-4-2-3-10(21)8-20/h7,10H,2-6,8-9H2,1H3. The Morgan fingerprint density at radius 1 is 1.29 bits per heavy atom. The number of aromatic nitrogens is 4. The number of piperazine rings is 1. The fourth-order valence-electron chi connectivity index (χ4n) is 3.50. The van der Waals surface area contributed by atoms with Crippen LogP contribution in [0.4, 0.5) is 0 Å². The molecule has 0 bridgehead atoms. The van der Waals surface area contributed by atoms with Crippen molar-refractivity contribution in [3.8, 4) is 0 Å². The van der Waals surface area contributed by atoms with Gasteiger partial charge in [0.25, 0.3) is 0 Å². The molecule has 0 N–H and O–H groups in total. The van der Waals surface area contributed by atoms with E-state index in [2.05, 4.69) is 24.9 Å². The summed E-state index contributed by atoms with van der Waals surface area (Å²) in [6.07, 6.45) is 4.37. The second-order valence-corrected chi connectivity index (χ2v) is 6.36. The van der Waals surface area contributed by atoms with Gasteiger partial charge in [-0.2, -0.15) is 5.10 Å². The van der Waals surface area contributed by atoms with Crippen LogP contribution in [0.15, 0.2) is 6.20 Å². The van der Waals surface area contributed by atoms with E-state index in [9.17, 15) is 0 Å². The lowest BCUT2D eigenvalue weighted by atomic mass is 10.1. The van der Waals surface area contributed by atoms with E-state index in [1.165, 1.54) is 19.4 Å². The van der Waals surface area contributed by atoms with Crippen LogP contribution in [0.25, 0.3) is 11.0 Å². The first-order valence-corrected chi connectivity index (χ1v) is 7.89. The summed E-state index contributed by atoms with van der Waals surface area (Å²) in [5, 5.41) is 5.52. The third-order valence-corrected chi connectivity index (χ3v) is 4.92. The van der Waals surface area contributed by atoms with Gasteiger partial charge in [-0.15, -0.1) is 0 Å². The molecule has 2 aliphatic rings. The Hall–Kier alpha value is -1.24. The lowest BCUT2D eigenvalue weighted by molar-refractivity contribution is 0.0975. The van der Waals surface area contributed by atoms with Gasteiger partial charge in [-0.25, -0.2) is 9.97 Å². The van der Waals surface area contributed by atoms with Crippen LogP contribution < -0.4 is 0 Å². The molecule has 2 saturated heterocycles. The highest BCUT2D eigenvalue weighted by atomic mass is 35.5. The summed E-state index contributed by atoms with van der Waals surface area (Å²) in [5.41, 5.74) is 0.810. The minimum atomic E-state index is 0.502. The van der Waals surface area contributed by atoms with E-state index in [4.69, 9.17) is 11.6 Å². The van der Waals surface area contributed by atoms with Gasteiger partial charge in [-0.3, -0.25) is 14.5 Å². The zero-order valence-electron chi connectivity index (χ0n) is 12.2. The Labute approximate surface area is 128 Å². The van der Waals surface area contributed by atoms with Crippen LogP contribution in [-0.2, 0) is 13.6 Å². The number of fused-ring (bicyclic) bond motifs is 2. The Bertz CT molecular complexity index is 669. The summed E-state index contributed by atoms with van der Waals surface area (Å²) < 4.78 is 1.75. The summed E-state index contributed by atoms with van der Waals surface area (Å²) in [6, 6.07) is 0.717. The van der Waals surface area contributed by atoms with E-state index < -0.39 is 0 Å². The quantitative estimate of drug-likeness (QED) is 0.783. The van der Waals surface area contributed by atoms with Gasteiger partial charge in [0.15, 0.2) is 5.65 Å². The lowest BCUT2D eigenvalue weighted by Gasteiger charge is -2.37. The number of halogens is 1. The fraction of sp³-hybridized carbons (Fsp3) is 0.643. The zero-order valence-corrected chi connectivity index (χ0v) is 12.9. The molecule has 7 heteroatoms. The molecule has 0 spiro atoms. The first-order valence-electron chi connectivity index (χ1n) is 7.51. The molecule has 0 aromatic carbocycles. The fourth-order valence-corrected chi connectivity index (χ4v) is 3.73. The summed E-state index contributed by atoms with van der Waals surface area (Å²) in [7, 11) is 1.88. The third-order valence-electron chi connectivity index (χ3n) is 4.63. The smallest absolute Gasteiger partial charge is 0.162 e. The van der Waals surface area contributed by atoms with Crippen LogP contribution in [0.2, 0.25) is 5.15 Å². The number of nitrogens with zero attached hydrogens (tertiary/aromatic N) is 6. The highest BCUT2D eigenvalue weighted by molar-refractivity contribution is 6.33. The average Bonchev–Trinajstić information content (AvgIpc) is 3.06. The van der Waals surface area contributed by atoms with Crippen LogP contribution in [0.5, 0.6) is 0 Å². The maximum Gasteiger partial charge on any atom is 0.162 e. The van der Waals surface area contributed by atoms with Gasteiger partial charge < -0.3 is 0 Å². The van der Waals surface area contributed by atoms with Gasteiger partial charge in [0.2, 0.25) is 0 Å². The molecule has 2 aromatic rings. The number of hydrogen-bond donors (Lipinski definition) is 0. The Kier molecular flexibility index (Phi) is 3.32. The third kappa shape index (κ3) is 2.41. The molecule has 0 aliphatic carbocycles. The molecule has 1 atom stereocenters. The van der Waals surface area contributed by atoms with Crippen molar-refractivity contribution in [2.24, 2.45) is 7.05 Å². The van der Waals surface area contributed by atoms with Crippen LogP contribution in [0, 0.1) is 0 Å². The molecule has 21 heavy (non-hydrogen) atoms. The summed E-state index contributed by atoms with van der Waals surface area (Å²) in [6.45, 7) is 5.39. The largest absolute Gasteiger partial charge is 0.298 e. The van der Waals surface area contributed by atoms with E-state index >= 15 is 0 Å². The molecule has 6 nitrogen and oxygen atoms in total. The van der Waals surface area contributed by atoms with Crippen molar-refractivity contribution in [3.63, 3.8) is 0 Å². The van der Waals surface area contributed by atoms with Crippen LogP contribution in [-0.4, -0.2) is 61.8 Å². The normalized spacial score (nSPS) is 23.8. The molecule has 4 rings (SSSR count). The average molecular weight is 307 g/mol. The number of aryl methyl sites for hydroxylation is 1. The topological polar surface area (TPSA) is 50.1 Å². The second-order valence-electron chi connectivity index (χ2n) is 6.00. The molecular weight excluding hydrogens is 288 g/mol. The van der Waals surface area contributed by atoms with E-state index in [0.717, 1.165) is 49.1 Å². The van der Waals surface area contributed by atoms with Crippen molar-refractivity contribution in [1.29, 1.82) is 0 Å². The SMILES string of the molecule is Cn1ncc2c(Cl)nc(CN3CCN4CCCC4C3)nc21. The molecule has 1 unspecified atom stereocenters. The lowest BCUT2D eigenvalue weighted by Crippen LogP contribution is -2.49. The molecule has 0 radical (unpaired) electrons. The van der Waals surface area contributed by atoms with Crippen molar-refractivity contribution in [2.45, 2.75) is 25.4 Å². The Morgan fingerprint density at radius 3 is 3.10 bits per heavy atom. The number of rotatable bonds is 2. The van der Waals surface area contributed by atoms with Crippen LogP contribution >= 0.6 is 11.6 Å². The molecule has 0 amide bonds. The minimum absolute atomic E-state index is 0.502. The minimum Gasteiger partial charge on any atom is -0.298 e. The molecule has 4 heterocycles. The molecule has 2 aliphatic heterocycles. The Morgan fingerprint density at radius 2 is 2.19 bits per heavy atom. The first-order chi connectivity index (χ1) is 10.2. The van der Waals surface area contributed by atoms with Gasteiger partial charge in [0.1, 0.15) is 11.0 Å². The molecule has 112 valence electrons. The van der Waals surface area contributed by atoms with Gasteiger partial charge in [-0.05, 0) is 19.4 Å². The van der Waals surface area contributed by atoms with Crippen molar-refractivity contribution >= 4 is 22.6 Å². The highest BCUT2D eigenvalue weighted by Gasteiger charge is 2.30. The molecule has 0 saturated carbocycles. The summed E-state index contributed by atoms with van der Waals surface area (Å²) in [4.78, 5) is 14.1. The second kappa shape index (κ2) is 5.19. The molecule has 2 aromatic heterocycles. The van der Waals surface area contributed by atoms with Crippen molar-refractivity contribution in [2.75, 3.05) is 26.2 Å². The maximum absolute atomic E-state index is 6.25. The van der Waals surface area contributed by atoms with Crippen molar-refractivity contribution in [3.05, 3.63) is 17.2 Å². The van der Waals surface area contributed by atoms with E-state index in [1.807, 2.05) is 7.05 Å². The van der Waals surface area contributed by atoms with Gasteiger partial charge >= 0.3 is 0 Å². The van der Waals surface area contributed by atoms with E-state index in [-0.39, 0.29) is 0 Å². The van der Waals surface area contributed by atoms with E-state index in [0.29, 0.717) is 5.15 Å². The summed E-state index contributed by atoms with van der Waals surface area (Å²) >= 11 is 6.25. The van der Waals surface area contributed by atoms with Crippen LogP contribution in [0.3, 0.4) is 0 Å². The molecule has 2 fully saturated rings. The van der Waals surface area contributed by atoms with Crippen molar-refractivity contribution in [1.82, 2.24) is 29.5 Å². The van der Waals surface area contributed by atoms with Crippen molar-refractivity contribution < 1.29 is 0 Å². The van der Waals surface area contributed by atoms with E-state index in [1.54, 1.807) is 10.9 Å². The first kappa shape index (κ1) is 13.4. The predicted octanol–water partition coefficient (Wildman–Crippen LogP) is 1.30. The van der Waals surface area contributed by atoms with Gasteiger partial charge in [-0.1, -0.05) is 11.6 Å². The number of hydrogen-bond acceptors (Lipinski definition) is 5. The zero-order chi connectivity index (χ0) is 14.4. The summed E-state index contributed by atoms with van der Waals surface area (Å²) in [5.74, 6) is 0.794. The monoisotopic (exact) mass is 306 g/mol. The van der Waals surface area contributed by atoms with Gasteiger partial charge in [0, 0.05) is 32.7 Å². The maximum atomic E-state index is 6.25. The predicted molar refractivity (Wildman–Crippen MR) is 81.2 cm³/mol. The molecular formula is C14H19ClN6. The van der Waals surface area contributed by atoms with Gasteiger partial charge in [0.05, 0.1) is 18.1 Å². The van der Waals surface area contributed by atoms with Crippen LogP contribution in [0.1, 0.15) is 18.7 Å². The Balaban J connectivity index is 1.55.